The second-order valence-corrected chi connectivity index (χ2v) is 5.14. The van der Waals surface area contributed by atoms with E-state index < -0.39 is 6.10 Å². The first-order valence-electron chi connectivity index (χ1n) is 7.26. The molecule has 3 atom stereocenters. The first-order valence-corrected chi connectivity index (χ1v) is 7.26. The van der Waals surface area contributed by atoms with E-state index in [9.17, 15) is 10.2 Å². The average Bonchev–Trinajstić information content (AvgIpc) is 2.48. The summed E-state index contributed by atoms with van der Waals surface area (Å²) < 4.78 is 5.24. The van der Waals surface area contributed by atoms with Gasteiger partial charge in [-0.2, -0.15) is 0 Å². The maximum Gasteiger partial charge on any atom is 0.121 e. The van der Waals surface area contributed by atoms with Gasteiger partial charge in [-0.15, -0.1) is 0 Å². The minimum absolute atomic E-state index is 0.0222. The van der Waals surface area contributed by atoms with E-state index in [4.69, 9.17) is 4.74 Å². The zero-order valence-corrected chi connectivity index (χ0v) is 12.9. The largest absolute Gasteiger partial charge is 0.496 e. The maximum absolute atomic E-state index is 10.5. The van der Waals surface area contributed by atoms with Gasteiger partial charge in [-0.25, -0.2) is 0 Å². The Morgan fingerprint density at radius 2 is 1.95 bits per heavy atom. The Hall–Kier alpha value is -1.10. The van der Waals surface area contributed by atoms with E-state index in [0.717, 1.165) is 29.7 Å². The van der Waals surface area contributed by atoms with Crippen LogP contribution in [0.1, 0.15) is 43.9 Å². The monoisotopic (exact) mass is 281 g/mol. The number of nitrogens with one attached hydrogen (secondary N) is 1. The Labute approximate surface area is 121 Å². The molecule has 0 amide bonds. The van der Waals surface area contributed by atoms with E-state index in [1.54, 1.807) is 7.11 Å². The lowest BCUT2D eigenvalue weighted by Crippen LogP contribution is -2.43. The van der Waals surface area contributed by atoms with Crippen LogP contribution in [0, 0.1) is 6.92 Å². The van der Waals surface area contributed by atoms with E-state index in [2.05, 4.69) is 5.32 Å². The molecule has 1 rings (SSSR count). The maximum atomic E-state index is 10.5. The highest BCUT2D eigenvalue weighted by Gasteiger charge is 2.22. The number of hydrogen-bond donors (Lipinski definition) is 3. The lowest BCUT2D eigenvalue weighted by atomic mass is 9.97. The van der Waals surface area contributed by atoms with Gasteiger partial charge >= 0.3 is 0 Å². The fourth-order valence-corrected chi connectivity index (χ4v) is 2.35. The fraction of sp³-hybridized carbons (Fsp3) is 0.625. The molecule has 0 saturated carbocycles. The topological polar surface area (TPSA) is 61.7 Å². The van der Waals surface area contributed by atoms with Crippen molar-refractivity contribution in [3.05, 3.63) is 29.3 Å². The molecule has 3 N–H and O–H groups in total. The van der Waals surface area contributed by atoms with Gasteiger partial charge in [-0.3, -0.25) is 0 Å². The molecule has 0 aliphatic carbocycles. The summed E-state index contributed by atoms with van der Waals surface area (Å²) in [7, 11) is 1.64. The van der Waals surface area contributed by atoms with Crippen molar-refractivity contribution < 1.29 is 14.9 Å². The summed E-state index contributed by atoms with van der Waals surface area (Å²) in [5, 5.41) is 23.1. The zero-order chi connectivity index (χ0) is 15.1. The number of aryl methyl sites for hydroxylation is 1. The molecule has 20 heavy (non-hydrogen) atoms. The van der Waals surface area contributed by atoms with Crippen LogP contribution in [0.25, 0.3) is 0 Å². The number of ether oxygens (including phenoxy) is 1. The van der Waals surface area contributed by atoms with Crippen molar-refractivity contribution in [1.82, 2.24) is 5.32 Å². The van der Waals surface area contributed by atoms with Gasteiger partial charge in [-0.1, -0.05) is 19.9 Å². The van der Waals surface area contributed by atoms with Crippen LogP contribution in [0.5, 0.6) is 5.75 Å². The highest BCUT2D eigenvalue weighted by Crippen LogP contribution is 2.25. The summed E-state index contributed by atoms with van der Waals surface area (Å²) in [6.07, 6.45) is 1.04. The summed E-state index contributed by atoms with van der Waals surface area (Å²) in [5.74, 6) is 0.823. The van der Waals surface area contributed by atoms with Crippen LogP contribution in [0.15, 0.2) is 18.2 Å². The van der Waals surface area contributed by atoms with Crippen molar-refractivity contribution in [1.29, 1.82) is 0 Å². The number of aliphatic hydroxyl groups excluding tert-OH is 2. The Morgan fingerprint density at radius 3 is 2.40 bits per heavy atom. The van der Waals surface area contributed by atoms with Gasteiger partial charge < -0.3 is 20.3 Å². The van der Waals surface area contributed by atoms with E-state index in [1.165, 1.54) is 0 Å². The van der Waals surface area contributed by atoms with Gasteiger partial charge in [0.25, 0.3) is 0 Å². The summed E-state index contributed by atoms with van der Waals surface area (Å²) >= 11 is 0. The summed E-state index contributed by atoms with van der Waals surface area (Å²) in [4.78, 5) is 0. The number of benzene rings is 1. The van der Waals surface area contributed by atoms with Gasteiger partial charge in [0.1, 0.15) is 5.75 Å². The molecule has 4 heteroatoms. The third kappa shape index (κ3) is 4.20. The smallest absolute Gasteiger partial charge is 0.121 e. The molecule has 0 aliphatic heterocycles. The Balaban J connectivity index is 2.84. The molecule has 0 radical (unpaired) electrons. The summed E-state index contributed by atoms with van der Waals surface area (Å²) in [5.41, 5.74) is 1.88. The van der Waals surface area contributed by atoms with Crippen LogP contribution >= 0.6 is 0 Å². The molecule has 3 unspecified atom stereocenters. The van der Waals surface area contributed by atoms with Crippen molar-refractivity contribution in [3.63, 3.8) is 0 Å². The van der Waals surface area contributed by atoms with Crippen LogP contribution in [0.4, 0.5) is 0 Å². The lowest BCUT2D eigenvalue weighted by molar-refractivity contribution is 0.109. The van der Waals surface area contributed by atoms with Gasteiger partial charge in [0.15, 0.2) is 0 Å². The lowest BCUT2D eigenvalue weighted by Gasteiger charge is -2.27. The number of hydrogen-bond acceptors (Lipinski definition) is 4. The predicted molar refractivity (Wildman–Crippen MR) is 81.1 cm³/mol. The average molecular weight is 281 g/mol. The summed E-state index contributed by atoms with van der Waals surface area (Å²) in [6.45, 7) is 6.10. The van der Waals surface area contributed by atoms with Gasteiger partial charge in [0, 0.05) is 12.1 Å². The van der Waals surface area contributed by atoms with Crippen LogP contribution in [0.3, 0.4) is 0 Å². The number of methoxy groups -OCH3 is 1. The van der Waals surface area contributed by atoms with E-state index in [1.807, 2.05) is 39.0 Å². The number of aliphatic hydroxyl groups is 2. The van der Waals surface area contributed by atoms with Crippen molar-refractivity contribution in [2.75, 3.05) is 13.7 Å². The highest BCUT2D eigenvalue weighted by molar-refractivity contribution is 5.37. The van der Waals surface area contributed by atoms with Crippen LogP contribution < -0.4 is 10.1 Å². The minimum atomic E-state index is -0.592. The van der Waals surface area contributed by atoms with Gasteiger partial charge in [0.2, 0.25) is 0 Å². The van der Waals surface area contributed by atoms with Crippen molar-refractivity contribution >= 4 is 0 Å². The minimum Gasteiger partial charge on any atom is -0.496 e. The van der Waals surface area contributed by atoms with Crippen molar-refractivity contribution in [3.8, 4) is 5.75 Å². The first kappa shape index (κ1) is 17.0. The molecule has 0 bridgehead atoms. The predicted octanol–water partition coefficient (Wildman–Crippen LogP) is 2.18. The molecular formula is C16H27NO3. The highest BCUT2D eigenvalue weighted by atomic mass is 16.5. The zero-order valence-electron chi connectivity index (χ0n) is 12.9. The molecule has 0 saturated heterocycles. The van der Waals surface area contributed by atoms with Gasteiger partial charge in [-0.05, 0) is 43.0 Å². The summed E-state index contributed by atoms with van der Waals surface area (Å²) in [6, 6.07) is 5.67. The molecule has 0 heterocycles. The normalized spacial score (nSPS) is 15.7. The SMILES string of the molecule is CCC(CO)NC(CC)C(O)c1ccc(OC)c(C)c1. The van der Waals surface area contributed by atoms with Crippen LogP contribution in [0.2, 0.25) is 0 Å². The van der Waals surface area contributed by atoms with Crippen LogP contribution in [-0.4, -0.2) is 36.0 Å². The van der Waals surface area contributed by atoms with Crippen molar-refractivity contribution in [2.45, 2.75) is 51.8 Å². The van der Waals surface area contributed by atoms with Gasteiger partial charge in [0.05, 0.1) is 19.8 Å². The van der Waals surface area contributed by atoms with E-state index >= 15 is 0 Å². The molecule has 0 fully saturated rings. The second kappa shape index (κ2) is 8.25. The Morgan fingerprint density at radius 1 is 1.25 bits per heavy atom. The standard InChI is InChI=1S/C16H27NO3/c1-5-13(10-18)17-14(6-2)16(19)12-7-8-15(20-4)11(3)9-12/h7-9,13-14,16-19H,5-6,10H2,1-4H3. The quantitative estimate of drug-likeness (QED) is 0.683. The third-order valence-corrected chi connectivity index (χ3v) is 3.74. The molecule has 0 aromatic heterocycles. The molecule has 1 aromatic rings. The van der Waals surface area contributed by atoms with Crippen LogP contribution in [-0.2, 0) is 0 Å². The van der Waals surface area contributed by atoms with E-state index in [0.29, 0.717) is 0 Å². The molecule has 114 valence electrons. The molecule has 1 aromatic carbocycles. The second-order valence-electron chi connectivity index (χ2n) is 5.14. The Bertz CT molecular complexity index is 405. The molecular weight excluding hydrogens is 254 g/mol. The Kier molecular flexibility index (Phi) is 6.99. The van der Waals surface area contributed by atoms with Crippen molar-refractivity contribution in [2.24, 2.45) is 0 Å². The third-order valence-electron chi connectivity index (χ3n) is 3.74. The fourth-order valence-electron chi connectivity index (χ4n) is 2.35. The molecule has 0 aliphatic rings. The molecule has 4 nitrogen and oxygen atoms in total. The number of rotatable bonds is 8. The first-order chi connectivity index (χ1) is 9.57. The van der Waals surface area contributed by atoms with E-state index in [-0.39, 0.29) is 18.7 Å². The molecule has 0 spiro atoms.